The highest BCUT2D eigenvalue weighted by molar-refractivity contribution is 5.55. The summed E-state index contributed by atoms with van der Waals surface area (Å²) in [5.74, 6) is 0.561. The largest absolute Gasteiger partial charge is 0.356 e. The monoisotopic (exact) mass is 297 g/mol. The van der Waals surface area contributed by atoms with Crippen LogP contribution in [0.1, 0.15) is 62.4 Å². The summed E-state index contributed by atoms with van der Waals surface area (Å²) in [6.45, 7) is 3.12. The Balaban J connectivity index is 1.70. The van der Waals surface area contributed by atoms with Crippen molar-refractivity contribution in [2.45, 2.75) is 57.6 Å². The second-order valence-corrected chi connectivity index (χ2v) is 6.52. The van der Waals surface area contributed by atoms with Crippen LogP contribution in [0, 0.1) is 0 Å². The molecule has 2 aromatic rings. The zero-order valence-corrected chi connectivity index (χ0v) is 13.2. The third-order valence-corrected chi connectivity index (χ3v) is 4.92. The van der Waals surface area contributed by atoms with E-state index < -0.39 is 0 Å². The Kier molecular flexibility index (Phi) is 3.70. The Morgan fingerprint density at radius 3 is 2.95 bits per heavy atom. The number of fused-ring (bicyclic) bond motifs is 1. The van der Waals surface area contributed by atoms with Crippen molar-refractivity contribution in [2.24, 2.45) is 0 Å². The van der Waals surface area contributed by atoms with Crippen LogP contribution in [-0.2, 0) is 11.2 Å². The first kappa shape index (κ1) is 13.9. The maximum absolute atomic E-state index is 5.89. The summed E-state index contributed by atoms with van der Waals surface area (Å²) in [4.78, 5) is 4.98. The van der Waals surface area contributed by atoms with Crippen LogP contribution >= 0.6 is 0 Å². The van der Waals surface area contributed by atoms with Gasteiger partial charge in [0.2, 0.25) is 0 Å². The summed E-state index contributed by atoms with van der Waals surface area (Å²) in [5.41, 5.74) is 4.80. The SMILES string of the molecule is C[C@@H]1CCCc2ccc(-c3ccnn3C3CCCCO3)nc21. The van der Waals surface area contributed by atoms with Crippen molar-refractivity contribution in [2.75, 3.05) is 6.61 Å². The summed E-state index contributed by atoms with van der Waals surface area (Å²) in [7, 11) is 0. The molecule has 1 aliphatic heterocycles. The molecule has 0 bridgehead atoms. The first-order valence-corrected chi connectivity index (χ1v) is 8.48. The van der Waals surface area contributed by atoms with Crippen LogP contribution in [0.4, 0.5) is 0 Å². The van der Waals surface area contributed by atoms with Crippen LogP contribution in [0.3, 0.4) is 0 Å². The summed E-state index contributed by atoms with van der Waals surface area (Å²) < 4.78 is 7.91. The fourth-order valence-electron chi connectivity index (χ4n) is 3.68. The molecule has 0 saturated carbocycles. The van der Waals surface area contributed by atoms with E-state index in [1.807, 2.05) is 10.9 Å². The van der Waals surface area contributed by atoms with E-state index in [1.165, 1.54) is 30.5 Å². The van der Waals surface area contributed by atoms with Gasteiger partial charge in [-0.1, -0.05) is 13.0 Å². The predicted molar refractivity (Wildman–Crippen MR) is 85.7 cm³/mol. The Morgan fingerprint density at radius 2 is 2.09 bits per heavy atom. The zero-order valence-electron chi connectivity index (χ0n) is 13.2. The lowest BCUT2D eigenvalue weighted by Gasteiger charge is -2.25. The average Bonchev–Trinajstić information content (AvgIpc) is 3.05. The van der Waals surface area contributed by atoms with Crippen molar-refractivity contribution >= 4 is 0 Å². The van der Waals surface area contributed by atoms with Crippen molar-refractivity contribution < 1.29 is 4.74 Å². The molecule has 3 heterocycles. The lowest BCUT2D eigenvalue weighted by molar-refractivity contribution is -0.0384. The Morgan fingerprint density at radius 1 is 1.14 bits per heavy atom. The molecule has 1 aliphatic carbocycles. The van der Waals surface area contributed by atoms with Gasteiger partial charge < -0.3 is 4.74 Å². The molecule has 0 amide bonds. The Labute approximate surface area is 131 Å². The molecule has 4 nitrogen and oxygen atoms in total. The Hall–Kier alpha value is -1.68. The molecule has 0 N–H and O–H groups in total. The first-order chi connectivity index (χ1) is 10.8. The van der Waals surface area contributed by atoms with Gasteiger partial charge >= 0.3 is 0 Å². The third kappa shape index (κ3) is 2.45. The van der Waals surface area contributed by atoms with Gasteiger partial charge in [0.25, 0.3) is 0 Å². The predicted octanol–water partition coefficient (Wildman–Crippen LogP) is 4.08. The van der Waals surface area contributed by atoms with E-state index in [1.54, 1.807) is 0 Å². The van der Waals surface area contributed by atoms with Gasteiger partial charge in [-0.05, 0) is 62.1 Å². The normalized spacial score (nSPS) is 25.0. The second kappa shape index (κ2) is 5.84. The van der Waals surface area contributed by atoms with Gasteiger partial charge in [0.15, 0.2) is 6.23 Å². The summed E-state index contributed by atoms with van der Waals surface area (Å²) in [6.07, 6.45) is 9.01. The van der Waals surface area contributed by atoms with Gasteiger partial charge in [-0.2, -0.15) is 5.10 Å². The quantitative estimate of drug-likeness (QED) is 0.838. The number of aromatic nitrogens is 3. The summed E-state index contributed by atoms with van der Waals surface area (Å²) in [5, 5.41) is 4.50. The average molecular weight is 297 g/mol. The van der Waals surface area contributed by atoms with Crippen LogP contribution in [-0.4, -0.2) is 21.4 Å². The molecule has 1 unspecified atom stereocenters. The van der Waals surface area contributed by atoms with E-state index in [0.717, 1.165) is 37.3 Å². The molecule has 1 saturated heterocycles. The molecule has 2 aliphatic rings. The molecule has 0 radical (unpaired) electrons. The van der Waals surface area contributed by atoms with E-state index in [0.29, 0.717) is 5.92 Å². The molecule has 2 aromatic heterocycles. The molecular formula is C18H23N3O. The minimum atomic E-state index is 0.0639. The van der Waals surface area contributed by atoms with Crippen LogP contribution < -0.4 is 0 Å². The number of ether oxygens (including phenoxy) is 1. The van der Waals surface area contributed by atoms with E-state index >= 15 is 0 Å². The molecule has 0 spiro atoms. The van der Waals surface area contributed by atoms with Gasteiger partial charge in [-0.3, -0.25) is 4.98 Å². The second-order valence-electron chi connectivity index (χ2n) is 6.52. The van der Waals surface area contributed by atoms with E-state index in [9.17, 15) is 0 Å². The van der Waals surface area contributed by atoms with Crippen molar-refractivity contribution in [3.05, 3.63) is 35.7 Å². The maximum atomic E-state index is 5.89. The summed E-state index contributed by atoms with van der Waals surface area (Å²) >= 11 is 0. The molecule has 1 fully saturated rings. The molecule has 22 heavy (non-hydrogen) atoms. The van der Waals surface area contributed by atoms with Crippen LogP contribution in [0.5, 0.6) is 0 Å². The smallest absolute Gasteiger partial charge is 0.150 e. The van der Waals surface area contributed by atoms with Gasteiger partial charge in [-0.15, -0.1) is 0 Å². The van der Waals surface area contributed by atoms with Crippen LogP contribution in [0.25, 0.3) is 11.4 Å². The van der Waals surface area contributed by atoms with Crippen LogP contribution in [0.2, 0.25) is 0 Å². The number of hydrogen-bond acceptors (Lipinski definition) is 3. The first-order valence-electron chi connectivity index (χ1n) is 8.48. The minimum Gasteiger partial charge on any atom is -0.356 e. The molecule has 116 valence electrons. The summed E-state index contributed by atoms with van der Waals surface area (Å²) in [6, 6.07) is 6.46. The fourth-order valence-corrected chi connectivity index (χ4v) is 3.68. The minimum absolute atomic E-state index is 0.0639. The Bertz CT molecular complexity index is 658. The standard InChI is InChI=1S/C18H23N3O/c1-13-5-4-6-14-8-9-15(20-18(13)14)16-10-11-19-21(16)17-7-2-3-12-22-17/h8-11,13,17H,2-7,12H2,1H3/t13-,17?/m1/s1. The fraction of sp³-hybridized carbons (Fsp3) is 0.556. The molecule has 4 heteroatoms. The van der Waals surface area contributed by atoms with Crippen molar-refractivity contribution in [3.63, 3.8) is 0 Å². The number of rotatable bonds is 2. The number of pyridine rings is 1. The van der Waals surface area contributed by atoms with Crippen molar-refractivity contribution in [1.82, 2.24) is 14.8 Å². The molecule has 4 rings (SSSR count). The van der Waals surface area contributed by atoms with E-state index in [4.69, 9.17) is 9.72 Å². The number of nitrogens with zero attached hydrogens (tertiary/aromatic N) is 3. The lowest BCUT2D eigenvalue weighted by atomic mass is 9.87. The highest BCUT2D eigenvalue weighted by atomic mass is 16.5. The lowest BCUT2D eigenvalue weighted by Crippen LogP contribution is -2.20. The molecule has 0 aromatic carbocycles. The zero-order chi connectivity index (χ0) is 14.9. The number of hydrogen-bond donors (Lipinski definition) is 0. The highest BCUT2D eigenvalue weighted by Gasteiger charge is 2.22. The molecular weight excluding hydrogens is 274 g/mol. The molecule has 2 atom stereocenters. The van der Waals surface area contributed by atoms with E-state index in [-0.39, 0.29) is 6.23 Å². The van der Waals surface area contributed by atoms with E-state index in [2.05, 4.69) is 30.2 Å². The number of aryl methyl sites for hydroxylation is 1. The van der Waals surface area contributed by atoms with Crippen LogP contribution in [0.15, 0.2) is 24.4 Å². The third-order valence-electron chi connectivity index (χ3n) is 4.92. The van der Waals surface area contributed by atoms with Gasteiger partial charge in [0.05, 0.1) is 11.4 Å². The topological polar surface area (TPSA) is 39.9 Å². The van der Waals surface area contributed by atoms with Gasteiger partial charge in [0, 0.05) is 18.5 Å². The van der Waals surface area contributed by atoms with Gasteiger partial charge in [0.1, 0.15) is 0 Å². The highest BCUT2D eigenvalue weighted by Crippen LogP contribution is 2.33. The van der Waals surface area contributed by atoms with Gasteiger partial charge in [-0.25, -0.2) is 4.68 Å². The van der Waals surface area contributed by atoms with Crippen molar-refractivity contribution in [1.29, 1.82) is 0 Å². The maximum Gasteiger partial charge on any atom is 0.150 e. The van der Waals surface area contributed by atoms with Crippen molar-refractivity contribution in [3.8, 4) is 11.4 Å².